The normalized spacial score (nSPS) is 9.76. The summed E-state index contributed by atoms with van der Waals surface area (Å²) in [5, 5.41) is 5.70. The molecule has 7 nitrogen and oxygen atoms in total. The average molecular weight is 238 g/mol. The van der Waals surface area contributed by atoms with Gasteiger partial charge in [0.25, 0.3) is 5.91 Å². The van der Waals surface area contributed by atoms with Gasteiger partial charge in [-0.3, -0.25) is 9.79 Å². The van der Waals surface area contributed by atoms with Gasteiger partial charge in [0.1, 0.15) is 5.69 Å². The van der Waals surface area contributed by atoms with Crippen molar-refractivity contribution in [2.24, 2.45) is 23.5 Å². The molecule has 0 aromatic carbocycles. The first-order valence-electron chi connectivity index (χ1n) is 5.22. The molecule has 0 bridgehead atoms. The van der Waals surface area contributed by atoms with Gasteiger partial charge in [0.15, 0.2) is 5.96 Å². The Balaban J connectivity index is 2.52. The first-order valence-corrected chi connectivity index (χ1v) is 5.22. The summed E-state index contributed by atoms with van der Waals surface area (Å²) in [6.07, 6.45) is 1.84. The number of guanidine groups is 1. The van der Waals surface area contributed by atoms with Gasteiger partial charge in [0.2, 0.25) is 0 Å². The summed E-state index contributed by atoms with van der Waals surface area (Å²) in [5.74, 6) is -0.129. The molecule has 1 aromatic rings. The van der Waals surface area contributed by atoms with E-state index in [1.807, 2.05) is 13.2 Å². The molecular formula is C10H18N6O. The van der Waals surface area contributed by atoms with Crippen LogP contribution in [0.2, 0.25) is 0 Å². The molecule has 17 heavy (non-hydrogen) atoms. The second kappa shape index (κ2) is 5.78. The molecule has 0 aliphatic rings. The molecule has 0 saturated heterocycles. The van der Waals surface area contributed by atoms with Crippen molar-refractivity contribution in [3.05, 3.63) is 18.0 Å². The number of aryl methyl sites for hydroxylation is 1. The predicted octanol–water partition coefficient (Wildman–Crippen LogP) is -0.930. The highest BCUT2D eigenvalue weighted by atomic mass is 16.1. The monoisotopic (exact) mass is 238 g/mol. The number of nitrogens with one attached hydrogen (secondary N) is 2. The van der Waals surface area contributed by atoms with Crippen LogP contribution in [0, 0.1) is 0 Å². The van der Waals surface area contributed by atoms with E-state index in [9.17, 15) is 4.79 Å². The van der Waals surface area contributed by atoms with E-state index in [0.717, 1.165) is 5.69 Å². The Hall–Kier alpha value is -2.18. The topological polar surface area (TPSA) is 110 Å². The first-order chi connectivity index (χ1) is 8.04. The van der Waals surface area contributed by atoms with E-state index in [0.29, 0.717) is 18.8 Å². The molecule has 1 rings (SSSR count). The first kappa shape index (κ1) is 12.9. The van der Waals surface area contributed by atoms with Crippen LogP contribution in [0.5, 0.6) is 0 Å². The second-order valence-electron chi connectivity index (χ2n) is 3.54. The lowest BCUT2D eigenvalue weighted by Gasteiger charge is -2.04. The van der Waals surface area contributed by atoms with Crippen LogP contribution in [0.15, 0.2) is 17.3 Å². The summed E-state index contributed by atoms with van der Waals surface area (Å²) in [5.41, 5.74) is 11.8. The number of anilines is 1. The molecular weight excluding hydrogens is 220 g/mol. The van der Waals surface area contributed by atoms with Crippen molar-refractivity contribution in [1.82, 2.24) is 9.88 Å². The fourth-order valence-corrected chi connectivity index (χ4v) is 1.37. The van der Waals surface area contributed by atoms with Crippen molar-refractivity contribution in [1.29, 1.82) is 0 Å². The van der Waals surface area contributed by atoms with Crippen molar-refractivity contribution in [2.45, 2.75) is 0 Å². The molecule has 94 valence electrons. The Bertz CT molecular complexity index is 418. The Kier molecular flexibility index (Phi) is 4.38. The highest BCUT2D eigenvalue weighted by Crippen LogP contribution is 2.11. The minimum Gasteiger partial charge on any atom is -0.387 e. The average Bonchev–Trinajstić information content (AvgIpc) is 2.65. The van der Waals surface area contributed by atoms with E-state index in [1.54, 1.807) is 17.7 Å². The standard InChI is InChI=1S/C10H18N6O/c1-13-7-5-8(16(2)6-7)9(17)14-3-4-15-10(11)12/h5-6,13H,3-4H2,1-2H3,(H,14,17)(H4,11,12,15). The molecule has 0 spiro atoms. The molecule has 0 saturated carbocycles. The van der Waals surface area contributed by atoms with Gasteiger partial charge in [-0.25, -0.2) is 0 Å². The van der Waals surface area contributed by atoms with Crippen LogP contribution in [0.1, 0.15) is 10.5 Å². The number of hydrogen-bond acceptors (Lipinski definition) is 3. The van der Waals surface area contributed by atoms with E-state index >= 15 is 0 Å². The number of hydrogen-bond donors (Lipinski definition) is 4. The zero-order chi connectivity index (χ0) is 12.8. The van der Waals surface area contributed by atoms with Gasteiger partial charge in [-0.1, -0.05) is 0 Å². The molecule has 7 heteroatoms. The Morgan fingerprint density at radius 1 is 1.53 bits per heavy atom. The van der Waals surface area contributed by atoms with Gasteiger partial charge in [-0.2, -0.15) is 0 Å². The number of nitrogens with two attached hydrogens (primary N) is 2. The van der Waals surface area contributed by atoms with Crippen molar-refractivity contribution >= 4 is 17.6 Å². The Labute approximate surface area is 99.9 Å². The van der Waals surface area contributed by atoms with Crippen molar-refractivity contribution in [2.75, 3.05) is 25.5 Å². The summed E-state index contributed by atoms with van der Waals surface area (Å²) < 4.78 is 1.75. The number of carbonyl (C=O) groups excluding carboxylic acids is 1. The summed E-state index contributed by atoms with van der Waals surface area (Å²) in [6.45, 7) is 0.772. The van der Waals surface area contributed by atoms with Crippen molar-refractivity contribution in [3.8, 4) is 0 Å². The lowest BCUT2D eigenvalue weighted by molar-refractivity contribution is 0.0946. The third kappa shape index (κ3) is 3.71. The minimum atomic E-state index is -0.153. The molecule has 1 heterocycles. The molecule has 0 atom stereocenters. The zero-order valence-electron chi connectivity index (χ0n) is 10.0. The Morgan fingerprint density at radius 2 is 2.24 bits per heavy atom. The smallest absolute Gasteiger partial charge is 0.268 e. The molecule has 0 unspecified atom stereocenters. The van der Waals surface area contributed by atoms with E-state index in [-0.39, 0.29) is 11.9 Å². The number of aliphatic imine (C=N–C) groups is 1. The van der Waals surface area contributed by atoms with Crippen LogP contribution >= 0.6 is 0 Å². The van der Waals surface area contributed by atoms with Crippen LogP contribution in [0.3, 0.4) is 0 Å². The largest absolute Gasteiger partial charge is 0.387 e. The molecule has 0 radical (unpaired) electrons. The van der Waals surface area contributed by atoms with Crippen LogP contribution in [-0.4, -0.2) is 36.6 Å². The van der Waals surface area contributed by atoms with Crippen LogP contribution in [0.25, 0.3) is 0 Å². The van der Waals surface area contributed by atoms with Gasteiger partial charge in [0.05, 0.1) is 12.2 Å². The lowest BCUT2D eigenvalue weighted by Crippen LogP contribution is -2.29. The minimum absolute atomic E-state index is 0.0237. The summed E-state index contributed by atoms with van der Waals surface area (Å²) >= 11 is 0. The SMILES string of the molecule is CNc1cc(C(=O)NCCN=C(N)N)n(C)c1. The van der Waals surface area contributed by atoms with Gasteiger partial charge in [0, 0.05) is 26.8 Å². The molecule has 1 aromatic heterocycles. The highest BCUT2D eigenvalue weighted by molar-refractivity contribution is 5.93. The summed E-state index contributed by atoms with van der Waals surface area (Å²) in [7, 11) is 3.61. The maximum atomic E-state index is 11.8. The molecule has 0 aliphatic heterocycles. The van der Waals surface area contributed by atoms with Crippen LogP contribution in [0.4, 0.5) is 5.69 Å². The highest BCUT2D eigenvalue weighted by Gasteiger charge is 2.10. The van der Waals surface area contributed by atoms with Crippen LogP contribution in [-0.2, 0) is 7.05 Å². The van der Waals surface area contributed by atoms with Gasteiger partial charge < -0.3 is 26.7 Å². The van der Waals surface area contributed by atoms with E-state index in [1.165, 1.54) is 0 Å². The van der Waals surface area contributed by atoms with Gasteiger partial charge in [-0.05, 0) is 6.07 Å². The number of aromatic nitrogens is 1. The molecule has 1 amide bonds. The lowest BCUT2D eigenvalue weighted by atomic mass is 10.4. The predicted molar refractivity (Wildman–Crippen MR) is 68.0 cm³/mol. The molecule has 0 aliphatic carbocycles. The number of nitrogens with zero attached hydrogens (tertiary/aromatic N) is 2. The van der Waals surface area contributed by atoms with Gasteiger partial charge >= 0.3 is 0 Å². The zero-order valence-corrected chi connectivity index (χ0v) is 10.0. The summed E-state index contributed by atoms with van der Waals surface area (Å²) in [4.78, 5) is 15.5. The van der Waals surface area contributed by atoms with E-state index < -0.39 is 0 Å². The third-order valence-electron chi connectivity index (χ3n) is 2.22. The third-order valence-corrected chi connectivity index (χ3v) is 2.22. The van der Waals surface area contributed by atoms with Crippen LogP contribution < -0.4 is 22.1 Å². The summed E-state index contributed by atoms with van der Waals surface area (Å²) in [6, 6.07) is 1.77. The number of amides is 1. The van der Waals surface area contributed by atoms with Crippen molar-refractivity contribution in [3.63, 3.8) is 0 Å². The van der Waals surface area contributed by atoms with E-state index in [2.05, 4.69) is 15.6 Å². The van der Waals surface area contributed by atoms with E-state index in [4.69, 9.17) is 11.5 Å². The quantitative estimate of drug-likeness (QED) is 0.302. The maximum Gasteiger partial charge on any atom is 0.268 e. The fourth-order valence-electron chi connectivity index (χ4n) is 1.37. The van der Waals surface area contributed by atoms with Gasteiger partial charge in [-0.15, -0.1) is 0 Å². The number of carbonyl (C=O) groups is 1. The van der Waals surface area contributed by atoms with Crippen molar-refractivity contribution < 1.29 is 4.79 Å². The number of rotatable bonds is 5. The second-order valence-corrected chi connectivity index (χ2v) is 3.54. The Morgan fingerprint density at radius 3 is 2.76 bits per heavy atom. The molecule has 0 fully saturated rings. The maximum absolute atomic E-state index is 11.8. The fraction of sp³-hybridized carbons (Fsp3) is 0.400. The molecule has 6 N–H and O–H groups in total.